The van der Waals surface area contributed by atoms with E-state index in [0.717, 1.165) is 34.4 Å². The van der Waals surface area contributed by atoms with E-state index in [-0.39, 0.29) is 6.04 Å². The maximum Gasteiger partial charge on any atom is 0.173 e. The van der Waals surface area contributed by atoms with E-state index in [4.69, 9.17) is 9.73 Å². The molecule has 0 radical (unpaired) electrons. The number of nitrogens with zero attached hydrogens (tertiary/aromatic N) is 5. The number of aliphatic imine (C=N–C) groups is 2. The van der Waals surface area contributed by atoms with E-state index < -0.39 is 0 Å². The van der Waals surface area contributed by atoms with Crippen molar-refractivity contribution in [2.75, 3.05) is 11.9 Å². The quantitative estimate of drug-likeness (QED) is 0.739. The molecule has 144 valence electrons. The molecule has 1 aromatic heterocycles. The van der Waals surface area contributed by atoms with Gasteiger partial charge in [0, 0.05) is 36.9 Å². The lowest BCUT2D eigenvalue weighted by molar-refractivity contribution is 0.458. The predicted octanol–water partition coefficient (Wildman–Crippen LogP) is 3.96. The van der Waals surface area contributed by atoms with Crippen LogP contribution in [-0.4, -0.2) is 32.9 Å². The Bertz CT molecular complexity index is 1100. The van der Waals surface area contributed by atoms with Crippen molar-refractivity contribution in [2.24, 2.45) is 17.0 Å². The summed E-state index contributed by atoms with van der Waals surface area (Å²) in [6.45, 7) is 0.677. The van der Waals surface area contributed by atoms with Crippen molar-refractivity contribution < 1.29 is 4.74 Å². The summed E-state index contributed by atoms with van der Waals surface area (Å²) in [7, 11) is 1.92. The van der Waals surface area contributed by atoms with Gasteiger partial charge >= 0.3 is 0 Å². The van der Waals surface area contributed by atoms with Gasteiger partial charge < -0.3 is 15.0 Å². The number of aromatic nitrogens is 2. The summed E-state index contributed by atoms with van der Waals surface area (Å²) in [4.78, 5) is 11.3. The number of nitrogens with one attached hydrogen (secondary N) is 1. The summed E-state index contributed by atoms with van der Waals surface area (Å²) >= 11 is 0. The maximum atomic E-state index is 5.85. The van der Waals surface area contributed by atoms with Crippen LogP contribution in [0.1, 0.15) is 11.6 Å². The summed E-state index contributed by atoms with van der Waals surface area (Å²) in [5, 5.41) is 7.65. The molecule has 3 aromatic rings. The Balaban J connectivity index is 1.28. The second-order valence-electron chi connectivity index (χ2n) is 6.88. The molecule has 7 nitrogen and oxygen atoms in total. The van der Waals surface area contributed by atoms with Gasteiger partial charge in [-0.1, -0.05) is 18.2 Å². The molecule has 0 bridgehead atoms. The molecule has 5 rings (SSSR count). The number of fused-ring (bicyclic) bond motifs is 1. The van der Waals surface area contributed by atoms with E-state index in [1.165, 1.54) is 0 Å². The van der Waals surface area contributed by atoms with Crippen molar-refractivity contribution in [3.63, 3.8) is 0 Å². The summed E-state index contributed by atoms with van der Waals surface area (Å²) in [6.07, 6.45) is 7.68. The molecule has 1 N–H and O–H groups in total. The number of aryl methyl sites for hydroxylation is 1. The first-order valence-electron chi connectivity index (χ1n) is 9.42. The van der Waals surface area contributed by atoms with Gasteiger partial charge in [-0.25, -0.2) is 4.99 Å². The standard InChI is InChI=1S/C22H20N6O/c1-27-15-16(13-25-27)20-14-24-22-21(23-11-12-28(20)22)26-17-7-9-19(10-8-17)29-18-5-3-2-4-6-18/h2-13,15,20H,14H2,1H3,(H,23,26). The van der Waals surface area contributed by atoms with Crippen molar-refractivity contribution in [3.05, 3.63) is 85.0 Å². The van der Waals surface area contributed by atoms with Gasteiger partial charge in [0.1, 0.15) is 11.5 Å². The van der Waals surface area contributed by atoms with Gasteiger partial charge in [0.05, 0.1) is 18.8 Å². The van der Waals surface area contributed by atoms with Crippen LogP contribution in [0, 0.1) is 0 Å². The van der Waals surface area contributed by atoms with E-state index >= 15 is 0 Å². The first-order chi connectivity index (χ1) is 14.3. The number of anilines is 1. The van der Waals surface area contributed by atoms with E-state index in [2.05, 4.69) is 20.3 Å². The molecule has 2 aromatic carbocycles. The van der Waals surface area contributed by atoms with Crippen molar-refractivity contribution in [2.45, 2.75) is 6.04 Å². The Hall–Kier alpha value is -3.87. The fourth-order valence-corrected chi connectivity index (χ4v) is 3.43. The third-order valence-electron chi connectivity index (χ3n) is 4.84. The van der Waals surface area contributed by atoms with Gasteiger partial charge in [-0.2, -0.15) is 5.10 Å². The Kier molecular flexibility index (Phi) is 4.32. The number of amidine groups is 2. The third kappa shape index (κ3) is 3.50. The molecular weight excluding hydrogens is 364 g/mol. The fraction of sp³-hybridized carbons (Fsp3) is 0.136. The molecule has 0 aliphatic carbocycles. The van der Waals surface area contributed by atoms with Crippen molar-refractivity contribution in [1.82, 2.24) is 14.7 Å². The minimum Gasteiger partial charge on any atom is -0.457 e. The Morgan fingerprint density at radius 3 is 2.59 bits per heavy atom. The second kappa shape index (κ2) is 7.27. The van der Waals surface area contributed by atoms with Gasteiger partial charge in [0.2, 0.25) is 0 Å². The van der Waals surface area contributed by atoms with E-state index in [1.807, 2.05) is 84.9 Å². The summed E-state index contributed by atoms with van der Waals surface area (Å²) in [5.41, 5.74) is 2.06. The highest BCUT2D eigenvalue weighted by molar-refractivity contribution is 6.45. The van der Waals surface area contributed by atoms with Crippen LogP contribution in [-0.2, 0) is 7.05 Å². The van der Waals surface area contributed by atoms with Crippen LogP contribution < -0.4 is 10.1 Å². The zero-order chi connectivity index (χ0) is 19.6. The van der Waals surface area contributed by atoms with Crippen molar-refractivity contribution in [1.29, 1.82) is 0 Å². The molecule has 29 heavy (non-hydrogen) atoms. The molecule has 0 saturated heterocycles. The van der Waals surface area contributed by atoms with Crippen molar-refractivity contribution in [3.8, 4) is 11.5 Å². The number of hydrogen-bond donors (Lipinski definition) is 1. The zero-order valence-electron chi connectivity index (χ0n) is 15.9. The number of ether oxygens (including phenoxy) is 1. The SMILES string of the molecule is Cn1cc(C2CN=C3C(Nc4ccc(Oc5ccccc5)cc4)=NC=CN32)cn1. The highest BCUT2D eigenvalue weighted by atomic mass is 16.5. The number of rotatable bonds is 4. The molecule has 0 amide bonds. The van der Waals surface area contributed by atoms with Crippen LogP contribution in [0.5, 0.6) is 11.5 Å². The topological polar surface area (TPSA) is 67.0 Å². The molecule has 3 heterocycles. The van der Waals surface area contributed by atoms with Crippen LogP contribution in [0.2, 0.25) is 0 Å². The lowest BCUT2D eigenvalue weighted by Gasteiger charge is -2.26. The highest BCUT2D eigenvalue weighted by Gasteiger charge is 2.32. The minimum atomic E-state index is 0.142. The molecule has 7 heteroatoms. The van der Waals surface area contributed by atoms with Gasteiger partial charge in [0.25, 0.3) is 0 Å². The van der Waals surface area contributed by atoms with Gasteiger partial charge in [-0.05, 0) is 36.4 Å². The molecule has 0 spiro atoms. The van der Waals surface area contributed by atoms with Gasteiger partial charge in [-0.15, -0.1) is 0 Å². The lowest BCUT2D eigenvalue weighted by atomic mass is 10.1. The lowest BCUT2D eigenvalue weighted by Crippen LogP contribution is -2.37. The normalized spacial score (nSPS) is 17.6. The summed E-state index contributed by atoms with van der Waals surface area (Å²) < 4.78 is 7.66. The first kappa shape index (κ1) is 17.2. The highest BCUT2D eigenvalue weighted by Crippen LogP contribution is 2.29. The van der Waals surface area contributed by atoms with Crippen LogP contribution in [0.25, 0.3) is 0 Å². The maximum absolute atomic E-state index is 5.85. The van der Waals surface area contributed by atoms with Crippen molar-refractivity contribution >= 4 is 17.4 Å². The molecule has 0 saturated carbocycles. The number of benzene rings is 2. The van der Waals surface area contributed by atoms with E-state index in [0.29, 0.717) is 6.54 Å². The number of para-hydroxylation sites is 1. The molecule has 1 atom stereocenters. The average molecular weight is 384 g/mol. The smallest absolute Gasteiger partial charge is 0.173 e. The second-order valence-corrected chi connectivity index (χ2v) is 6.88. The molecular formula is C22H20N6O. The fourth-order valence-electron chi connectivity index (χ4n) is 3.43. The number of hydrogen-bond acceptors (Lipinski definition) is 6. The summed E-state index contributed by atoms with van der Waals surface area (Å²) in [5.74, 6) is 3.16. The molecule has 1 unspecified atom stereocenters. The van der Waals surface area contributed by atoms with Crippen LogP contribution in [0.15, 0.2) is 89.4 Å². The minimum absolute atomic E-state index is 0.142. The molecule has 0 fully saturated rings. The van der Waals surface area contributed by atoms with E-state index in [1.54, 1.807) is 6.20 Å². The van der Waals surface area contributed by atoms with Crippen LogP contribution in [0.3, 0.4) is 0 Å². The van der Waals surface area contributed by atoms with Crippen LogP contribution >= 0.6 is 0 Å². The zero-order valence-corrected chi connectivity index (χ0v) is 15.9. The predicted molar refractivity (Wildman–Crippen MR) is 113 cm³/mol. The van der Waals surface area contributed by atoms with Crippen LogP contribution in [0.4, 0.5) is 5.69 Å². The average Bonchev–Trinajstić information content (AvgIpc) is 3.37. The third-order valence-corrected chi connectivity index (χ3v) is 4.84. The summed E-state index contributed by atoms with van der Waals surface area (Å²) in [6, 6.07) is 17.7. The van der Waals surface area contributed by atoms with Gasteiger partial charge in [-0.3, -0.25) is 9.67 Å². The molecule has 2 aliphatic rings. The van der Waals surface area contributed by atoms with Gasteiger partial charge in [0.15, 0.2) is 11.7 Å². The Morgan fingerprint density at radius 1 is 1.03 bits per heavy atom. The Labute approximate surface area is 168 Å². The first-order valence-corrected chi connectivity index (χ1v) is 9.42. The Morgan fingerprint density at radius 2 is 1.83 bits per heavy atom. The van der Waals surface area contributed by atoms with E-state index in [9.17, 15) is 0 Å². The molecule has 2 aliphatic heterocycles. The monoisotopic (exact) mass is 384 g/mol. The largest absolute Gasteiger partial charge is 0.457 e.